The third-order valence-electron chi connectivity index (χ3n) is 3.26. The van der Waals surface area contributed by atoms with Crippen LogP contribution >= 0.6 is 0 Å². The Morgan fingerprint density at radius 1 is 1.17 bits per heavy atom. The van der Waals surface area contributed by atoms with Crippen molar-refractivity contribution in [1.29, 1.82) is 0 Å². The number of carbonyl (C=O) groups excluding carboxylic acids is 1. The number of nitrogens with two attached hydrogens (primary N) is 1. The molecule has 0 heterocycles. The van der Waals surface area contributed by atoms with Gasteiger partial charge >= 0.3 is 5.97 Å². The van der Waals surface area contributed by atoms with E-state index in [0.717, 1.165) is 11.1 Å². The van der Waals surface area contributed by atoms with Crippen LogP contribution in [0.4, 0.5) is 4.39 Å². The Labute approximate surface area is 135 Å². The van der Waals surface area contributed by atoms with E-state index in [9.17, 15) is 9.18 Å². The zero-order chi connectivity index (χ0) is 16.7. The van der Waals surface area contributed by atoms with Crippen molar-refractivity contribution in [3.8, 4) is 5.75 Å². The fourth-order valence-electron chi connectivity index (χ4n) is 2.10. The molecule has 1 atom stereocenters. The Kier molecular flexibility index (Phi) is 6.11. The summed E-state index contributed by atoms with van der Waals surface area (Å²) in [5.74, 6) is -0.0175. The van der Waals surface area contributed by atoms with Gasteiger partial charge in [0.1, 0.15) is 24.2 Å². The van der Waals surface area contributed by atoms with Gasteiger partial charge in [0.2, 0.25) is 0 Å². The molecule has 1 unspecified atom stereocenters. The molecule has 4 nitrogen and oxygen atoms in total. The Balaban J connectivity index is 1.88. The highest BCUT2D eigenvalue weighted by atomic mass is 19.1. The van der Waals surface area contributed by atoms with Crippen LogP contribution in [0, 0.1) is 5.82 Å². The van der Waals surface area contributed by atoms with E-state index in [-0.39, 0.29) is 5.82 Å². The number of halogens is 1. The number of hydrogen-bond acceptors (Lipinski definition) is 4. The number of esters is 1. The molecule has 0 bridgehead atoms. The summed E-state index contributed by atoms with van der Waals surface area (Å²) in [6.07, 6.45) is 0.406. The largest absolute Gasteiger partial charge is 0.489 e. The predicted octanol–water partition coefficient (Wildman–Crippen LogP) is 2.84. The van der Waals surface area contributed by atoms with Gasteiger partial charge < -0.3 is 15.2 Å². The van der Waals surface area contributed by atoms with Crippen LogP contribution in [0.3, 0.4) is 0 Å². The lowest BCUT2D eigenvalue weighted by Gasteiger charge is -2.11. The third-order valence-corrected chi connectivity index (χ3v) is 3.26. The highest BCUT2D eigenvalue weighted by molar-refractivity contribution is 5.75. The summed E-state index contributed by atoms with van der Waals surface area (Å²) in [6.45, 7) is 2.36. The van der Waals surface area contributed by atoms with E-state index in [4.69, 9.17) is 15.2 Å². The van der Waals surface area contributed by atoms with Crippen LogP contribution in [-0.4, -0.2) is 18.6 Å². The molecule has 0 aliphatic heterocycles. The minimum absolute atomic E-state index is 0.283. The summed E-state index contributed by atoms with van der Waals surface area (Å²) in [5.41, 5.74) is 7.46. The monoisotopic (exact) mass is 317 g/mol. The van der Waals surface area contributed by atoms with Gasteiger partial charge in [-0.25, -0.2) is 4.39 Å². The second kappa shape index (κ2) is 8.29. The highest BCUT2D eigenvalue weighted by Gasteiger charge is 2.14. The molecular weight excluding hydrogens is 297 g/mol. The second-order valence-electron chi connectivity index (χ2n) is 5.13. The minimum Gasteiger partial charge on any atom is -0.489 e. The average molecular weight is 317 g/mol. The maximum absolute atomic E-state index is 13.1. The van der Waals surface area contributed by atoms with Crippen molar-refractivity contribution in [2.75, 3.05) is 6.61 Å². The first kappa shape index (κ1) is 17.0. The van der Waals surface area contributed by atoms with Crippen LogP contribution in [0.25, 0.3) is 0 Å². The minimum atomic E-state index is -0.672. The summed E-state index contributed by atoms with van der Waals surface area (Å²) in [6, 6.07) is 12.9. The van der Waals surface area contributed by atoms with Crippen molar-refractivity contribution in [1.82, 2.24) is 0 Å². The van der Waals surface area contributed by atoms with Crippen molar-refractivity contribution in [3.63, 3.8) is 0 Å². The molecule has 23 heavy (non-hydrogen) atoms. The fraction of sp³-hybridized carbons (Fsp3) is 0.278. The van der Waals surface area contributed by atoms with Gasteiger partial charge in [-0.1, -0.05) is 24.3 Å². The molecule has 0 fully saturated rings. The first-order chi connectivity index (χ1) is 11.1. The van der Waals surface area contributed by atoms with Crippen molar-refractivity contribution in [3.05, 3.63) is 65.5 Å². The van der Waals surface area contributed by atoms with Crippen LogP contribution in [0.5, 0.6) is 5.75 Å². The Morgan fingerprint density at radius 2 is 1.91 bits per heavy atom. The van der Waals surface area contributed by atoms with Crippen LogP contribution in [-0.2, 0) is 22.6 Å². The van der Waals surface area contributed by atoms with E-state index >= 15 is 0 Å². The zero-order valence-electron chi connectivity index (χ0n) is 13.0. The summed E-state index contributed by atoms with van der Waals surface area (Å²) in [7, 11) is 0. The molecule has 2 aromatic rings. The normalized spacial score (nSPS) is 11.8. The maximum Gasteiger partial charge on any atom is 0.323 e. The molecule has 2 rings (SSSR count). The van der Waals surface area contributed by atoms with E-state index in [2.05, 4.69) is 0 Å². The lowest BCUT2D eigenvalue weighted by atomic mass is 10.1. The number of benzene rings is 2. The van der Waals surface area contributed by atoms with Crippen LogP contribution in [0.2, 0.25) is 0 Å². The van der Waals surface area contributed by atoms with Gasteiger partial charge in [-0.15, -0.1) is 0 Å². The topological polar surface area (TPSA) is 61.5 Å². The van der Waals surface area contributed by atoms with E-state index in [1.165, 1.54) is 12.1 Å². The zero-order valence-corrected chi connectivity index (χ0v) is 13.0. The lowest BCUT2D eigenvalue weighted by Crippen LogP contribution is -2.34. The van der Waals surface area contributed by atoms with Gasteiger partial charge in [0.25, 0.3) is 0 Å². The standard InChI is InChI=1S/C18H20FNO3/c1-2-22-18(21)17(20)11-13-6-8-16(9-7-13)23-12-14-4-3-5-15(19)10-14/h3-10,17H,2,11-12,20H2,1H3. The Bertz CT molecular complexity index is 643. The summed E-state index contributed by atoms with van der Waals surface area (Å²) >= 11 is 0. The van der Waals surface area contributed by atoms with Crippen LogP contribution in [0.1, 0.15) is 18.1 Å². The first-order valence-electron chi connectivity index (χ1n) is 7.47. The molecule has 2 N–H and O–H groups in total. The molecule has 0 aromatic heterocycles. The van der Waals surface area contributed by atoms with E-state index in [1.54, 1.807) is 31.2 Å². The molecular formula is C18H20FNO3. The van der Waals surface area contributed by atoms with Gasteiger partial charge in [-0.05, 0) is 48.7 Å². The molecule has 0 aliphatic rings. The molecule has 122 valence electrons. The number of rotatable bonds is 7. The third kappa shape index (κ3) is 5.38. The molecule has 0 aliphatic carbocycles. The van der Waals surface area contributed by atoms with Gasteiger partial charge in [-0.2, -0.15) is 0 Å². The van der Waals surface area contributed by atoms with E-state index in [0.29, 0.717) is 25.4 Å². The maximum atomic E-state index is 13.1. The van der Waals surface area contributed by atoms with Crippen molar-refractivity contribution in [2.45, 2.75) is 26.0 Å². The van der Waals surface area contributed by atoms with Crippen molar-refractivity contribution >= 4 is 5.97 Å². The first-order valence-corrected chi connectivity index (χ1v) is 7.47. The van der Waals surface area contributed by atoms with Crippen LogP contribution in [0.15, 0.2) is 48.5 Å². The fourth-order valence-corrected chi connectivity index (χ4v) is 2.10. The van der Waals surface area contributed by atoms with Gasteiger partial charge in [0, 0.05) is 0 Å². The predicted molar refractivity (Wildman–Crippen MR) is 85.5 cm³/mol. The number of ether oxygens (including phenoxy) is 2. The number of hydrogen-bond donors (Lipinski definition) is 1. The van der Waals surface area contributed by atoms with E-state index < -0.39 is 12.0 Å². The van der Waals surface area contributed by atoms with Gasteiger partial charge in [0.05, 0.1) is 6.61 Å². The molecule has 0 saturated carbocycles. The summed E-state index contributed by atoms with van der Waals surface area (Å²) in [4.78, 5) is 11.5. The Morgan fingerprint density at radius 3 is 2.57 bits per heavy atom. The van der Waals surface area contributed by atoms with Crippen molar-refractivity contribution < 1.29 is 18.7 Å². The Hall–Kier alpha value is -2.40. The summed E-state index contributed by atoms with van der Waals surface area (Å²) < 4.78 is 23.6. The highest BCUT2D eigenvalue weighted by Crippen LogP contribution is 2.15. The average Bonchev–Trinajstić information content (AvgIpc) is 2.54. The van der Waals surface area contributed by atoms with Gasteiger partial charge in [-0.3, -0.25) is 4.79 Å². The quantitative estimate of drug-likeness (QED) is 0.798. The molecule has 0 spiro atoms. The summed E-state index contributed by atoms with van der Waals surface area (Å²) in [5, 5.41) is 0. The van der Waals surface area contributed by atoms with Crippen LogP contribution < -0.4 is 10.5 Å². The SMILES string of the molecule is CCOC(=O)C(N)Cc1ccc(OCc2cccc(F)c2)cc1. The molecule has 0 radical (unpaired) electrons. The smallest absolute Gasteiger partial charge is 0.323 e. The molecule has 5 heteroatoms. The molecule has 0 amide bonds. The lowest BCUT2D eigenvalue weighted by molar-refractivity contribution is -0.144. The van der Waals surface area contributed by atoms with Gasteiger partial charge in [0.15, 0.2) is 0 Å². The molecule has 2 aromatic carbocycles. The second-order valence-corrected chi connectivity index (χ2v) is 5.13. The molecule has 0 saturated heterocycles. The number of carbonyl (C=O) groups is 1. The van der Waals surface area contributed by atoms with E-state index in [1.807, 2.05) is 12.1 Å². The van der Waals surface area contributed by atoms with Crippen molar-refractivity contribution in [2.24, 2.45) is 5.73 Å².